The highest BCUT2D eigenvalue weighted by Gasteiger charge is 2.35. The maximum Gasteiger partial charge on any atom is 0.226 e. The van der Waals surface area contributed by atoms with E-state index in [9.17, 15) is 0 Å². The zero-order chi connectivity index (χ0) is 11.9. The van der Waals surface area contributed by atoms with Crippen LogP contribution in [-0.4, -0.2) is 12.5 Å². The number of ether oxygens (including phenoxy) is 2. The fraction of sp³-hybridized carbons (Fsp3) is 0.143. The smallest absolute Gasteiger partial charge is 0.226 e. The van der Waals surface area contributed by atoms with Crippen LogP contribution in [0.5, 0.6) is 11.5 Å². The first-order valence-corrected chi connectivity index (χ1v) is 5.95. The molecule has 2 atom stereocenters. The van der Waals surface area contributed by atoms with Gasteiger partial charge in [-0.1, -0.05) is 24.3 Å². The molecule has 0 aliphatic carbocycles. The Hall–Kier alpha value is -2.36. The van der Waals surface area contributed by atoms with Crippen LogP contribution < -0.4 is 20.1 Å². The molecule has 4 heteroatoms. The summed E-state index contributed by atoms with van der Waals surface area (Å²) in [5.74, 6) is 1.68. The summed E-state index contributed by atoms with van der Waals surface area (Å²) in [6.07, 6.45) is -0.426. The second kappa shape index (κ2) is 3.57. The van der Waals surface area contributed by atoms with E-state index < -0.39 is 0 Å². The van der Waals surface area contributed by atoms with Crippen molar-refractivity contribution >= 4 is 11.4 Å². The maximum atomic E-state index is 5.89. The number of fused-ring (bicyclic) bond motifs is 3. The number of para-hydroxylation sites is 4. The third kappa shape index (κ3) is 1.39. The zero-order valence-corrected chi connectivity index (χ0v) is 9.59. The molecule has 4 rings (SSSR count). The maximum absolute atomic E-state index is 5.89. The lowest BCUT2D eigenvalue weighted by molar-refractivity contribution is 0.0700. The first kappa shape index (κ1) is 9.65. The molecule has 0 amide bonds. The minimum absolute atomic E-state index is 0.213. The lowest BCUT2D eigenvalue weighted by atomic mass is 10.2. The van der Waals surface area contributed by atoms with Gasteiger partial charge in [0.25, 0.3) is 0 Å². The van der Waals surface area contributed by atoms with Gasteiger partial charge in [0.1, 0.15) is 11.5 Å². The molecule has 18 heavy (non-hydrogen) atoms. The monoisotopic (exact) mass is 240 g/mol. The summed E-state index contributed by atoms with van der Waals surface area (Å²) in [6.45, 7) is 0. The van der Waals surface area contributed by atoms with Gasteiger partial charge in [-0.3, -0.25) is 0 Å². The van der Waals surface area contributed by atoms with Crippen LogP contribution in [0.15, 0.2) is 48.5 Å². The van der Waals surface area contributed by atoms with Crippen LogP contribution in [0.2, 0.25) is 0 Å². The molecule has 0 fully saturated rings. The van der Waals surface area contributed by atoms with Crippen LogP contribution in [-0.2, 0) is 0 Å². The average molecular weight is 240 g/mol. The van der Waals surface area contributed by atoms with Crippen molar-refractivity contribution in [1.82, 2.24) is 0 Å². The van der Waals surface area contributed by atoms with E-state index in [-0.39, 0.29) is 12.5 Å². The van der Waals surface area contributed by atoms with Gasteiger partial charge in [-0.05, 0) is 24.3 Å². The van der Waals surface area contributed by atoms with Gasteiger partial charge in [0.05, 0.1) is 11.4 Å². The average Bonchev–Trinajstić information content (AvgIpc) is 2.42. The number of nitrogens with one attached hydrogen (secondary N) is 2. The molecule has 2 heterocycles. The molecule has 2 N–H and O–H groups in total. The molecule has 90 valence electrons. The summed E-state index contributed by atoms with van der Waals surface area (Å²) in [5, 5.41) is 6.66. The van der Waals surface area contributed by atoms with Crippen molar-refractivity contribution in [3.63, 3.8) is 0 Å². The number of rotatable bonds is 0. The summed E-state index contributed by atoms with van der Waals surface area (Å²) in [7, 11) is 0. The first-order valence-electron chi connectivity index (χ1n) is 5.95. The molecule has 4 nitrogen and oxygen atoms in total. The lowest BCUT2D eigenvalue weighted by Gasteiger charge is -2.39. The zero-order valence-electron chi connectivity index (χ0n) is 9.59. The van der Waals surface area contributed by atoms with E-state index in [0.29, 0.717) is 0 Å². The Morgan fingerprint density at radius 2 is 1.11 bits per heavy atom. The molecule has 0 spiro atoms. The van der Waals surface area contributed by atoms with Crippen LogP contribution in [0.3, 0.4) is 0 Å². The van der Waals surface area contributed by atoms with Gasteiger partial charge in [-0.15, -0.1) is 0 Å². The molecule has 0 aromatic heterocycles. The fourth-order valence-electron chi connectivity index (χ4n) is 2.29. The molecular weight excluding hydrogens is 228 g/mol. The summed E-state index contributed by atoms with van der Waals surface area (Å²) >= 11 is 0. The molecule has 2 aromatic rings. The Morgan fingerprint density at radius 3 is 1.61 bits per heavy atom. The van der Waals surface area contributed by atoms with Crippen LogP contribution in [0.25, 0.3) is 0 Å². The lowest BCUT2D eigenvalue weighted by Crippen LogP contribution is -2.52. The van der Waals surface area contributed by atoms with E-state index in [1.54, 1.807) is 0 Å². The van der Waals surface area contributed by atoms with Crippen molar-refractivity contribution < 1.29 is 9.47 Å². The first-order chi connectivity index (χ1) is 8.90. The molecule has 0 unspecified atom stereocenters. The fourth-order valence-corrected chi connectivity index (χ4v) is 2.29. The van der Waals surface area contributed by atoms with Crippen molar-refractivity contribution in [2.75, 3.05) is 10.6 Å². The quantitative estimate of drug-likeness (QED) is 0.743. The molecule has 2 aromatic carbocycles. The summed E-state index contributed by atoms with van der Waals surface area (Å²) in [4.78, 5) is 0. The number of anilines is 2. The number of benzene rings is 2. The summed E-state index contributed by atoms with van der Waals surface area (Å²) in [5.41, 5.74) is 1.92. The second-order valence-corrected chi connectivity index (χ2v) is 4.36. The number of hydrogen-bond acceptors (Lipinski definition) is 4. The van der Waals surface area contributed by atoms with Crippen molar-refractivity contribution in [2.45, 2.75) is 12.5 Å². The van der Waals surface area contributed by atoms with E-state index in [0.717, 1.165) is 22.9 Å². The van der Waals surface area contributed by atoms with E-state index >= 15 is 0 Å². The molecular formula is C14H12N2O2. The topological polar surface area (TPSA) is 42.5 Å². The molecule has 2 aliphatic heterocycles. The highest BCUT2D eigenvalue weighted by molar-refractivity contribution is 5.63. The SMILES string of the molecule is c1ccc2c(c1)N[C@@H]1Oc3ccccc3N[C@@H]1O2. The predicted octanol–water partition coefficient (Wildman–Crippen LogP) is 2.65. The Kier molecular flexibility index (Phi) is 1.91. The van der Waals surface area contributed by atoms with Crippen LogP contribution in [0.1, 0.15) is 0 Å². The van der Waals surface area contributed by atoms with Crippen molar-refractivity contribution in [3.8, 4) is 11.5 Å². The van der Waals surface area contributed by atoms with Gasteiger partial charge in [0.15, 0.2) is 0 Å². The normalized spacial score (nSPS) is 23.1. The van der Waals surface area contributed by atoms with Gasteiger partial charge in [-0.25, -0.2) is 0 Å². The molecule has 2 aliphatic rings. The van der Waals surface area contributed by atoms with E-state index in [1.165, 1.54) is 0 Å². The Balaban J connectivity index is 1.70. The molecule has 0 bridgehead atoms. The van der Waals surface area contributed by atoms with E-state index in [4.69, 9.17) is 9.47 Å². The molecule has 0 saturated heterocycles. The van der Waals surface area contributed by atoms with E-state index in [1.807, 2.05) is 48.5 Å². The molecule has 0 saturated carbocycles. The highest BCUT2D eigenvalue weighted by Crippen LogP contribution is 2.37. The standard InChI is InChI=1S/C14H12N2O2/c1-3-7-11-9(5-1)15-13-14(17-11)16-10-6-2-4-8-12(10)18-13/h1-8,13-16H/t13-,14-/m1/s1. The summed E-state index contributed by atoms with van der Waals surface area (Å²) < 4.78 is 11.8. The van der Waals surface area contributed by atoms with Crippen molar-refractivity contribution in [2.24, 2.45) is 0 Å². The highest BCUT2D eigenvalue weighted by atomic mass is 16.6. The summed E-state index contributed by atoms with van der Waals surface area (Å²) in [6, 6.07) is 15.7. The second-order valence-electron chi connectivity index (χ2n) is 4.36. The van der Waals surface area contributed by atoms with Gasteiger partial charge in [-0.2, -0.15) is 0 Å². The Bertz CT molecular complexity index is 496. The van der Waals surface area contributed by atoms with E-state index in [2.05, 4.69) is 10.6 Å². The van der Waals surface area contributed by atoms with Gasteiger partial charge in [0.2, 0.25) is 12.5 Å². The minimum Gasteiger partial charge on any atom is -0.462 e. The van der Waals surface area contributed by atoms with Crippen molar-refractivity contribution in [3.05, 3.63) is 48.5 Å². The number of hydrogen-bond donors (Lipinski definition) is 2. The van der Waals surface area contributed by atoms with Gasteiger partial charge in [0, 0.05) is 0 Å². The van der Waals surface area contributed by atoms with Crippen LogP contribution >= 0.6 is 0 Å². The third-order valence-electron chi connectivity index (χ3n) is 3.15. The van der Waals surface area contributed by atoms with Crippen LogP contribution in [0.4, 0.5) is 11.4 Å². The van der Waals surface area contributed by atoms with Gasteiger partial charge < -0.3 is 20.1 Å². The molecule has 0 radical (unpaired) electrons. The Morgan fingerprint density at radius 1 is 0.667 bits per heavy atom. The Labute approximate surface area is 105 Å². The van der Waals surface area contributed by atoms with Gasteiger partial charge >= 0.3 is 0 Å². The van der Waals surface area contributed by atoms with Crippen molar-refractivity contribution in [1.29, 1.82) is 0 Å². The third-order valence-corrected chi connectivity index (χ3v) is 3.15. The minimum atomic E-state index is -0.213. The van der Waals surface area contributed by atoms with Crippen LogP contribution in [0, 0.1) is 0 Å². The largest absolute Gasteiger partial charge is 0.462 e. The predicted molar refractivity (Wildman–Crippen MR) is 69.0 cm³/mol.